The van der Waals surface area contributed by atoms with Gasteiger partial charge in [0.05, 0.1) is 0 Å². The maximum Gasteiger partial charge on any atom is 0.173 e. The van der Waals surface area contributed by atoms with Crippen molar-refractivity contribution in [2.45, 2.75) is 104 Å². The fourth-order valence-corrected chi connectivity index (χ4v) is 19.5. The Morgan fingerprint density at radius 1 is 0.500 bits per heavy atom. The summed E-state index contributed by atoms with van der Waals surface area (Å²) in [5.74, 6) is 0. The molecule has 0 heterocycles. The summed E-state index contributed by atoms with van der Waals surface area (Å²) in [5.41, 5.74) is 0. The largest absolute Gasteiger partial charge is 0.456 e. The lowest BCUT2D eigenvalue weighted by molar-refractivity contribution is 0.545. The van der Waals surface area contributed by atoms with Crippen LogP contribution in [0.3, 0.4) is 0 Å². The summed E-state index contributed by atoms with van der Waals surface area (Å²) in [6.45, 7) is 27.4. The molecule has 0 aromatic carbocycles. The highest BCUT2D eigenvalue weighted by atomic mass is 28.4. The van der Waals surface area contributed by atoms with Crippen LogP contribution in [0.4, 0.5) is 0 Å². The van der Waals surface area contributed by atoms with Gasteiger partial charge in [0.2, 0.25) is 0 Å². The molecule has 0 aliphatic carbocycles. The van der Waals surface area contributed by atoms with Crippen molar-refractivity contribution in [2.24, 2.45) is 0 Å². The third-order valence-corrected chi connectivity index (χ3v) is 15.6. The molecule has 0 fully saturated rings. The Kier molecular flexibility index (Phi) is 11.3. The van der Waals surface area contributed by atoms with Gasteiger partial charge in [-0.05, 0) is 77.6 Å². The van der Waals surface area contributed by atoms with Crippen molar-refractivity contribution < 1.29 is 8.23 Å². The smallest absolute Gasteiger partial charge is 0.173 e. The molecule has 6 heteroatoms. The van der Waals surface area contributed by atoms with E-state index >= 15 is 0 Å². The fourth-order valence-electron chi connectivity index (χ4n) is 2.96. The lowest BCUT2D eigenvalue weighted by Crippen LogP contribution is -2.41. The molecular weight excluding hydrogens is 337 g/mol. The second-order valence-electron chi connectivity index (χ2n) is 9.45. The van der Waals surface area contributed by atoms with E-state index in [1.807, 2.05) is 0 Å². The Morgan fingerprint density at radius 3 is 0.864 bits per heavy atom. The third-order valence-electron chi connectivity index (χ3n) is 2.87. The van der Waals surface area contributed by atoms with E-state index in [9.17, 15) is 0 Å². The highest BCUT2D eigenvalue weighted by Gasteiger charge is 2.29. The van der Waals surface area contributed by atoms with E-state index in [-0.39, 0.29) is 0 Å². The van der Waals surface area contributed by atoms with Crippen LogP contribution in [0.15, 0.2) is 0 Å². The van der Waals surface area contributed by atoms with Crippen molar-refractivity contribution >= 4 is 33.3 Å². The lowest BCUT2D eigenvalue weighted by atomic mass is 10.6. The summed E-state index contributed by atoms with van der Waals surface area (Å²) >= 11 is 0. The summed E-state index contributed by atoms with van der Waals surface area (Å²) in [6.07, 6.45) is 2.54. The van der Waals surface area contributed by atoms with Crippen LogP contribution in [-0.2, 0) is 8.23 Å². The zero-order chi connectivity index (χ0) is 18.2. The Labute approximate surface area is 145 Å². The molecule has 0 saturated carbocycles. The van der Waals surface area contributed by atoms with Gasteiger partial charge in [-0.2, -0.15) is 0 Å². The van der Waals surface area contributed by atoms with E-state index in [0.717, 1.165) is 0 Å². The minimum Gasteiger partial charge on any atom is -0.456 e. The molecule has 0 aromatic rings. The second-order valence-corrected chi connectivity index (χ2v) is 27.6. The molecule has 0 rings (SSSR count). The highest BCUT2D eigenvalue weighted by molar-refractivity contribution is 6.84. The van der Waals surface area contributed by atoms with Crippen LogP contribution >= 0.6 is 0 Å². The van der Waals surface area contributed by atoms with Crippen LogP contribution < -0.4 is 0 Å². The molecular formula is C16H44O2Si4. The van der Waals surface area contributed by atoms with Gasteiger partial charge in [-0.1, -0.05) is 26.7 Å². The molecule has 0 saturated heterocycles. The Hall–Kier alpha value is 0.788. The molecule has 2 nitrogen and oxygen atoms in total. The van der Waals surface area contributed by atoms with Gasteiger partial charge in [0, 0.05) is 0 Å². The molecule has 0 aliphatic rings. The molecule has 0 bridgehead atoms. The number of rotatable bonds is 8. The maximum atomic E-state index is 6.14. The molecule has 0 atom stereocenters. The third kappa shape index (κ3) is 18.8. The van der Waals surface area contributed by atoms with Crippen LogP contribution in [0.5, 0.6) is 0 Å². The van der Waals surface area contributed by atoms with Crippen LogP contribution in [-0.4, -0.2) is 33.3 Å². The zero-order valence-corrected chi connectivity index (χ0v) is 21.6. The van der Waals surface area contributed by atoms with E-state index < -0.39 is 33.3 Å². The van der Waals surface area contributed by atoms with Crippen LogP contribution in [0, 0.1) is 0 Å². The van der Waals surface area contributed by atoms with Crippen LogP contribution in [0.25, 0.3) is 0 Å². The van der Waals surface area contributed by atoms with Crippen molar-refractivity contribution in [3.63, 3.8) is 0 Å². The predicted octanol–water partition coefficient (Wildman–Crippen LogP) is 6.91. The van der Waals surface area contributed by atoms with Crippen molar-refractivity contribution in [2.75, 3.05) is 0 Å². The fraction of sp³-hybridized carbons (Fsp3) is 1.00. The molecule has 0 amide bonds. The molecule has 0 aliphatic heterocycles. The van der Waals surface area contributed by atoms with Crippen molar-refractivity contribution in [1.29, 1.82) is 0 Å². The predicted molar refractivity (Wildman–Crippen MR) is 114 cm³/mol. The standard InChI is InChI=1S/2C8H22OSi2/c2*1-7-8-11(5,6)9-10(2,3)4/h2*7-8H2,1-6H3. The van der Waals surface area contributed by atoms with Gasteiger partial charge in [0.25, 0.3) is 0 Å². The Balaban J connectivity index is 0. The summed E-state index contributed by atoms with van der Waals surface area (Å²) in [6, 6.07) is 2.61. The van der Waals surface area contributed by atoms with Gasteiger partial charge in [-0.3, -0.25) is 0 Å². The molecule has 0 unspecified atom stereocenters. The first-order chi connectivity index (χ1) is 9.54. The normalized spacial score (nSPS) is 13.6. The van der Waals surface area contributed by atoms with Gasteiger partial charge in [0.15, 0.2) is 33.3 Å². The van der Waals surface area contributed by atoms with E-state index in [1.54, 1.807) is 0 Å². The Morgan fingerprint density at radius 2 is 0.727 bits per heavy atom. The van der Waals surface area contributed by atoms with Crippen LogP contribution in [0.2, 0.25) is 77.6 Å². The van der Waals surface area contributed by atoms with E-state index in [0.29, 0.717) is 0 Å². The first-order valence-electron chi connectivity index (χ1n) is 8.94. The zero-order valence-electron chi connectivity index (χ0n) is 17.6. The van der Waals surface area contributed by atoms with E-state index in [1.165, 1.54) is 24.9 Å². The summed E-state index contributed by atoms with van der Waals surface area (Å²) < 4.78 is 12.3. The van der Waals surface area contributed by atoms with Gasteiger partial charge in [0.1, 0.15) is 0 Å². The lowest BCUT2D eigenvalue weighted by Gasteiger charge is -2.31. The minimum atomic E-state index is -1.28. The maximum absolute atomic E-state index is 6.14. The molecule has 0 spiro atoms. The second kappa shape index (κ2) is 9.93. The molecule has 136 valence electrons. The molecule has 0 N–H and O–H groups in total. The number of hydrogen-bond acceptors (Lipinski definition) is 2. The quantitative estimate of drug-likeness (QED) is 0.426. The first kappa shape index (κ1) is 25.0. The molecule has 0 radical (unpaired) electrons. The van der Waals surface area contributed by atoms with Gasteiger partial charge >= 0.3 is 0 Å². The summed E-state index contributed by atoms with van der Waals surface area (Å²) in [5, 5.41) is 0. The topological polar surface area (TPSA) is 18.5 Å². The van der Waals surface area contributed by atoms with Crippen molar-refractivity contribution in [1.82, 2.24) is 0 Å². The van der Waals surface area contributed by atoms with E-state index in [2.05, 4.69) is 79.3 Å². The Bertz CT molecular complexity index is 262. The number of hydrogen-bond donors (Lipinski definition) is 0. The monoisotopic (exact) mass is 380 g/mol. The average molecular weight is 381 g/mol. The first-order valence-corrected chi connectivity index (χ1v) is 22.0. The summed E-state index contributed by atoms with van der Waals surface area (Å²) in [7, 11) is -5.09. The molecule has 22 heavy (non-hydrogen) atoms. The van der Waals surface area contributed by atoms with Crippen molar-refractivity contribution in [3.8, 4) is 0 Å². The minimum absolute atomic E-state index is 1.27. The highest BCUT2D eigenvalue weighted by Crippen LogP contribution is 2.19. The van der Waals surface area contributed by atoms with E-state index in [4.69, 9.17) is 8.23 Å². The van der Waals surface area contributed by atoms with Gasteiger partial charge in [-0.15, -0.1) is 0 Å². The summed E-state index contributed by atoms with van der Waals surface area (Å²) in [4.78, 5) is 0. The average Bonchev–Trinajstić information content (AvgIpc) is 2.08. The van der Waals surface area contributed by atoms with Crippen molar-refractivity contribution in [3.05, 3.63) is 0 Å². The molecule has 0 aromatic heterocycles. The SMILES string of the molecule is CCC[Si](C)(C)O[Si](C)(C)C.CCC[Si](C)(C)O[Si](C)(C)C. The van der Waals surface area contributed by atoms with Gasteiger partial charge in [-0.25, -0.2) is 0 Å². The van der Waals surface area contributed by atoms with Gasteiger partial charge < -0.3 is 8.23 Å². The van der Waals surface area contributed by atoms with Crippen LogP contribution in [0.1, 0.15) is 26.7 Å².